The largest absolute Gasteiger partial charge is 0.289 e. The third-order valence-corrected chi connectivity index (χ3v) is 4.20. The fraction of sp³-hybridized carbons (Fsp3) is 0.150. The number of hydrazone groups is 1. The Morgan fingerprint density at radius 2 is 1.85 bits per heavy atom. The van der Waals surface area contributed by atoms with Crippen LogP contribution in [0.15, 0.2) is 59.7 Å². The number of aromatic nitrogens is 2. The molecule has 6 heteroatoms. The Bertz CT molecular complexity index is 912. The zero-order valence-corrected chi connectivity index (χ0v) is 15.3. The average molecular weight is 367 g/mol. The van der Waals surface area contributed by atoms with Crippen molar-refractivity contribution in [2.24, 2.45) is 5.10 Å². The Kier molecular flexibility index (Phi) is 5.49. The fourth-order valence-corrected chi connectivity index (χ4v) is 2.53. The van der Waals surface area contributed by atoms with Crippen LogP contribution in [0.25, 0.3) is 11.3 Å². The zero-order valence-electron chi connectivity index (χ0n) is 14.5. The van der Waals surface area contributed by atoms with Crippen molar-refractivity contribution in [2.75, 3.05) is 0 Å². The molecule has 2 N–H and O–H groups in total. The van der Waals surface area contributed by atoms with E-state index in [4.69, 9.17) is 11.6 Å². The molecule has 1 aromatic heterocycles. The van der Waals surface area contributed by atoms with Gasteiger partial charge in [-0.3, -0.25) is 9.89 Å². The molecule has 0 aliphatic rings. The van der Waals surface area contributed by atoms with Crippen LogP contribution in [0.5, 0.6) is 0 Å². The van der Waals surface area contributed by atoms with Crippen LogP contribution in [0.2, 0.25) is 5.02 Å². The molecule has 3 rings (SSSR count). The summed E-state index contributed by atoms with van der Waals surface area (Å²) in [6, 6.07) is 17.0. The highest BCUT2D eigenvalue weighted by Gasteiger charge is 2.10. The van der Waals surface area contributed by atoms with Gasteiger partial charge in [-0.25, -0.2) is 5.43 Å². The number of carbonyl (C=O) groups excluding carboxylic acids is 1. The molecule has 1 heterocycles. The van der Waals surface area contributed by atoms with Gasteiger partial charge in [0.1, 0.15) is 5.69 Å². The summed E-state index contributed by atoms with van der Waals surface area (Å²) in [5.41, 5.74) is 6.55. The molecule has 26 heavy (non-hydrogen) atoms. The monoisotopic (exact) mass is 366 g/mol. The number of halogens is 1. The minimum atomic E-state index is -0.354. The Morgan fingerprint density at radius 1 is 1.15 bits per heavy atom. The summed E-state index contributed by atoms with van der Waals surface area (Å²) in [5, 5.41) is 11.5. The Hall–Kier alpha value is -2.92. The minimum absolute atomic E-state index is 0.335. The molecule has 0 unspecified atom stereocenters. The van der Waals surface area contributed by atoms with Crippen LogP contribution in [-0.4, -0.2) is 22.3 Å². The van der Waals surface area contributed by atoms with Crippen LogP contribution in [0.4, 0.5) is 0 Å². The predicted octanol–water partition coefficient (Wildman–Crippen LogP) is 4.62. The molecule has 0 fully saturated rings. The van der Waals surface area contributed by atoms with Gasteiger partial charge in [-0.15, -0.1) is 0 Å². The maximum Gasteiger partial charge on any atom is 0.289 e. The average Bonchev–Trinajstić information content (AvgIpc) is 3.13. The van der Waals surface area contributed by atoms with Crippen LogP contribution in [0.3, 0.4) is 0 Å². The van der Waals surface area contributed by atoms with Crippen LogP contribution < -0.4 is 5.43 Å². The third-order valence-electron chi connectivity index (χ3n) is 3.95. The van der Waals surface area contributed by atoms with Gasteiger partial charge in [-0.2, -0.15) is 10.2 Å². The molecular formula is C20H19ClN4O. The normalized spacial score (nSPS) is 11.2. The number of rotatable bonds is 5. The number of hydrogen-bond acceptors (Lipinski definition) is 3. The van der Waals surface area contributed by atoms with Gasteiger partial charge in [0, 0.05) is 10.6 Å². The molecule has 5 nitrogen and oxygen atoms in total. The van der Waals surface area contributed by atoms with E-state index < -0.39 is 0 Å². The summed E-state index contributed by atoms with van der Waals surface area (Å²) < 4.78 is 0. The van der Waals surface area contributed by atoms with E-state index in [1.807, 2.05) is 24.3 Å². The Balaban J connectivity index is 1.62. The number of H-pyrrole nitrogens is 1. The number of nitrogens with one attached hydrogen (secondary N) is 2. The van der Waals surface area contributed by atoms with Crippen molar-refractivity contribution >= 4 is 23.7 Å². The molecule has 0 saturated carbocycles. The summed E-state index contributed by atoms with van der Waals surface area (Å²) in [6.45, 7) is 4.29. The molecule has 132 valence electrons. The minimum Gasteiger partial charge on any atom is -0.272 e. The van der Waals surface area contributed by atoms with Gasteiger partial charge < -0.3 is 0 Å². The number of amides is 1. The second-order valence-electron chi connectivity index (χ2n) is 6.19. The summed E-state index contributed by atoms with van der Waals surface area (Å²) in [7, 11) is 0. The summed E-state index contributed by atoms with van der Waals surface area (Å²) >= 11 is 5.88. The smallest absolute Gasteiger partial charge is 0.272 e. The van der Waals surface area contributed by atoms with Crippen LogP contribution >= 0.6 is 11.6 Å². The van der Waals surface area contributed by atoms with Gasteiger partial charge in [0.2, 0.25) is 0 Å². The molecule has 2 aromatic carbocycles. The highest BCUT2D eigenvalue weighted by atomic mass is 35.5. The number of carbonyl (C=O) groups is 1. The molecule has 0 radical (unpaired) electrons. The summed E-state index contributed by atoms with van der Waals surface area (Å²) in [5.74, 6) is 0.128. The van der Waals surface area contributed by atoms with Crippen molar-refractivity contribution in [3.05, 3.63) is 76.4 Å². The van der Waals surface area contributed by atoms with E-state index in [1.54, 1.807) is 24.4 Å². The molecule has 3 aromatic rings. The Morgan fingerprint density at radius 3 is 2.50 bits per heavy atom. The molecular weight excluding hydrogens is 348 g/mol. The van der Waals surface area contributed by atoms with Crippen molar-refractivity contribution in [2.45, 2.75) is 19.8 Å². The second-order valence-corrected chi connectivity index (χ2v) is 6.63. The highest BCUT2D eigenvalue weighted by Crippen LogP contribution is 2.20. The predicted molar refractivity (Wildman–Crippen MR) is 105 cm³/mol. The van der Waals surface area contributed by atoms with Crippen molar-refractivity contribution in [3.8, 4) is 11.3 Å². The quantitative estimate of drug-likeness (QED) is 0.511. The van der Waals surface area contributed by atoms with Crippen molar-refractivity contribution in [1.29, 1.82) is 0 Å². The molecule has 0 saturated heterocycles. The van der Waals surface area contributed by atoms with Gasteiger partial charge in [0.25, 0.3) is 5.91 Å². The number of nitrogens with zero attached hydrogens (tertiary/aromatic N) is 2. The molecule has 0 aliphatic carbocycles. The van der Waals surface area contributed by atoms with Crippen molar-refractivity contribution in [1.82, 2.24) is 15.6 Å². The third kappa shape index (κ3) is 4.37. The topological polar surface area (TPSA) is 70.1 Å². The van der Waals surface area contributed by atoms with Crippen LogP contribution in [0.1, 0.15) is 41.4 Å². The van der Waals surface area contributed by atoms with E-state index in [0.29, 0.717) is 22.3 Å². The van der Waals surface area contributed by atoms with Crippen LogP contribution in [0, 0.1) is 0 Å². The lowest BCUT2D eigenvalue weighted by Crippen LogP contribution is -2.18. The van der Waals surface area contributed by atoms with E-state index in [9.17, 15) is 4.79 Å². The Labute approximate surface area is 157 Å². The molecule has 0 aliphatic heterocycles. The first-order valence-corrected chi connectivity index (χ1v) is 8.65. The van der Waals surface area contributed by atoms with Crippen molar-refractivity contribution < 1.29 is 4.79 Å². The first-order chi connectivity index (χ1) is 12.5. The second kappa shape index (κ2) is 7.97. The lowest BCUT2D eigenvalue weighted by atomic mass is 10.0. The van der Waals surface area contributed by atoms with E-state index in [-0.39, 0.29) is 5.91 Å². The highest BCUT2D eigenvalue weighted by molar-refractivity contribution is 6.30. The standard InChI is InChI=1S/C20H19ClN4O/c1-13(2)15-5-3-14(4-6-15)12-22-25-20(26)19-11-18(23-24-19)16-7-9-17(21)10-8-16/h3-13H,1-2H3,(H,23,24)(H,25,26). The molecule has 0 atom stereocenters. The molecule has 0 spiro atoms. The van der Waals surface area contributed by atoms with Crippen LogP contribution in [-0.2, 0) is 0 Å². The van der Waals surface area contributed by atoms with Gasteiger partial charge in [0.05, 0.1) is 11.9 Å². The summed E-state index contributed by atoms with van der Waals surface area (Å²) in [4.78, 5) is 12.2. The molecule has 0 bridgehead atoms. The van der Waals surface area contributed by atoms with Gasteiger partial charge >= 0.3 is 0 Å². The van der Waals surface area contributed by atoms with E-state index in [1.165, 1.54) is 5.56 Å². The molecule has 1 amide bonds. The summed E-state index contributed by atoms with van der Waals surface area (Å²) in [6.07, 6.45) is 1.61. The number of hydrogen-bond donors (Lipinski definition) is 2. The maximum atomic E-state index is 12.2. The number of aromatic amines is 1. The first kappa shape index (κ1) is 17.9. The van der Waals surface area contributed by atoms with Gasteiger partial charge in [-0.05, 0) is 35.2 Å². The fourth-order valence-electron chi connectivity index (χ4n) is 2.40. The van der Waals surface area contributed by atoms with Crippen molar-refractivity contribution in [3.63, 3.8) is 0 Å². The first-order valence-electron chi connectivity index (χ1n) is 8.27. The zero-order chi connectivity index (χ0) is 18.5. The van der Waals surface area contributed by atoms with E-state index in [2.05, 4.69) is 46.7 Å². The number of benzene rings is 2. The lowest BCUT2D eigenvalue weighted by Gasteiger charge is -2.04. The van der Waals surface area contributed by atoms with Gasteiger partial charge in [0.15, 0.2) is 0 Å². The SMILES string of the molecule is CC(C)c1ccc(C=NNC(=O)c2cc(-c3ccc(Cl)cc3)n[nH]2)cc1. The maximum absolute atomic E-state index is 12.2. The van der Waals surface area contributed by atoms with E-state index in [0.717, 1.165) is 11.1 Å². The van der Waals surface area contributed by atoms with Gasteiger partial charge in [-0.1, -0.05) is 61.8 Å². The van der Waals surface area contributed by atoms with E-state index >= 15 is 0 Å². The lowest BCUT2D eigenvalue weighted by molar-refractivity contribution is 0.0950.